The zero-order chi connectivity index (χ0) is 13.3. The van der Waals surface area contributed by atoms with Crippen molar-refractivity contribution in [1.82, 2.24) is 5.32 Å². The van der Waals surface area contributed by atoms with E-state index in [2.05, 4.69) is 40.0 Å². The minimum absolute atomic E-state index is 0.00307. The quantitative estimate of drug-likeness (QED) is 0.673. The fourth-order valence-electron chi connectivity index (χ4n) is 2.26. The van der Waals surface area contributed by atoms with E-state index < -0.39 is 0 Å². The molecule has 0 radical (unpaired) electrons. The molecule has 0 aromatic heterocycles. The Balaban J connectivity index is 2.36. The van der Waals surface area contributed by atoms with Gasteiger partial charge in [0.05, 0.1) is 10.6 Å². The van der Waals surface area contributed by atoms with E-state index in [0.29, 0.717) is 0 Å². The third-order valence-electron chi connectivity index (χ3n) is 3.23. The normalized spacial score (nSPS) is 18.7. The Labute approximate surface area is 114 Å². The van der Waals surface area contributed by atoms with Crippen molar-refractivity contribution in [1.29, 1.82) is 0 Å². The van der Waals surface area contributed by atoms with Gasteiger partial charge < -0.3 is 10.2 Å². The van der Waals surface area contributed by atoms with Crippen molar-refractivity contribution >= 4 is 27.3 Å². The smallest absolute Gasteiger partial charge is 0.270 e. The predicted octanol–water partition coefficient (Wildman–Crippen LogP) is 2.55. The Morgan fingerprint density at radius 2 is 2.22 bits per heavy atom. The lowest BCUT2D eigenvalue weighted by Gasteiger charge is -2.44. The van der Waals surface area contributed by atoms with Crippen LogP contribution in [0.1, 0.15) is 13.8 Å². The van der Waals surface area contributed by atoms with Gasteiger partial charge >= 0.3 is 0 Å². The van der Waals surface area contributed by atoms with E-state index >= 15 is 0 Å². The summed E-state index contributed by atoms with van der Waals surface area (Å²) < 4.78 is 0.770. The molecule has 0 atom stereocenters. The van der Waals surface area contributed by atoms with Gasteiger partial charge in [0.15, 0.2) is 0 Å². The molecular formula is C12H16BrN3O2. The molecule has 1 aliphatic heterocycles. The standard InChI is InChI=1S/C12H16BrN3O2/c1-12(2)8-14-5-6-15(12)11-4-3-9(16(17)18)7-10(11)13/h3-4,7,14H,5-6,8H2,1-2H3. The van der Waals surface area contributed by atoms with Crippen molar-refractivity contribution in [3.05, 3.63) is 32.8 Å². The SMILES string of the molecule is CC1(C)CNCCN1c1ccc([N+](=O)[O-])cc1Br. The zero-order valence-corrected chi connectivity index (χ0v) is 12.0. The summed E-state index contributed by atoms with van der Waals surface area (Å²) in [5, 5.41) is 14.1. The first-order chi connectivity index (χ1) is 8.42. The maximum Gasteiger partial charge on any atom is 0.270 e. The first-order valence-electron chi connectivity index (χ1n) is 5.84. The molecule has 0 spiro atoms. The molecule has 0 saturated carbocycles. The van der Waals surface area contributed by atoms with Crippen molar-refractivity contribution in [2.24, 2.45) is 0 Å². The van der Waals surface area contributed by atoms with Crippen LogP contribution in [0.3, 0.4) is 0 Å². The number of halogens is 1. The lowest BCUT2D eigenvalue weighted by molar-refractivity contribution is -0.384. The molecule has 0 aliphatic carbocycles. The maximum absolute atomic E-state index is 10.7. The zero-order valence-electron chi connectivity index (χ0n) is 10.4. The molecule has 6 heteroatoms. The summed E-state index contributed by atoms with van der Waals surface area (Å²) in [5.74, 6) is 0. The van der Waals surface area contributed by atoms with Crippen LogP contribution in [0.25, 0.3) is 0 Å². The summed E-state index contributed by atoms with van der Waals surface area (Å²) in [5.41, 5.74) is 1.11. The van der Waals surface area contributed by atoms with E-state index in [4.69, 9.17) is 0 Å². The number of benzene rings is 1. The fourth-order valence-corrected chi connectivity index (χ4v) is 2.84. The van der Waals surface area contributed by atoms with Gasteiger partial charge in [0.25, 0.3) is 5.69 Å². The summed E-state index contributed by atoms with van der Waals surface area (Å²) in [7, 11) is 0. The summed E-state index contributed by atoms with van der Waals surface area (Å²) >= 11 is 3.44. The number of anilines is 1. The summed E-state index contributed by atoms with van der Waals surface area (Å²) in [6.07, 6.45) is 0. The summed E-state index contributed by atoms with van der Waals surface area (Å²) in [6, 6.07) is 4.93. The Kier molecular flexibility index (Phi) is 3.59. The molecule has 18 heavy (non-hydrogen) atoms. The molecule has 2 rings (SSSR count). The van der Waals surface area contributed by atoms with E-state index in [0.717, 1.165) is 29.8 Å². The third-order valence-corrected chi connectivity index (χ3v) is 3.87. The van der Waals surface area contributed by atoms with Crippen molar-refractivity contribution in [2.45, 2.75) is 19.4 Å². The number of piperazine rings is 1. The number of non-ortho nitro benzene ring substituents is 1. The van der Waals surface area contributed by atoms with E-state index in [1.54, 1.807) is 12.1 Å². The van der Waals surface area contributed by atoms with E-state index in [1.165, 1.54) is 0 Å². The lowest BCUT2D eigenvalue weighted by atomic mass is 9.99. The molecule has 0 bridgehead atoms. The summed E-state index contributed by atoms with van der Waals surface area (Å²) in [6.45, 7) is 7.03. The van der Waals surface area contributed by atoms with E-state index in [1.807, 2.05) is 6.07 Å². The third kappa shape index (κ3) is 2.49. The second kappa shape index (κ2) is 4.85. The Bertz CT molecular complexity index is 476. The predicted molar refractivity (Wildman–Crippen MR) is 75.1 cm³/mol. The highest BCUT2D eigenvalue weighted by atomic mass is 79.9. The second-order valence-electron chi connectivity index (χ2n) is 5.03. The molecule has 1 saturated heterocycles. The molecule has 1 N–H and O–H groups in total. The van der Waals surface area contributed by atoms with Gasteiger partial charge in [0, 0.05) is 41.8 Å². The molecule has 1 aliphatic rings. The van der Waals surface area contributed by atoms with Crippen LogP contribution < -0.4 is 10.2 Å². The number of nitro groups is 1. The van der Waals surface area contributed by atoms with Gasteiger partial charge in [-0.15, -0.1) is 0 Å². The monoisotopic (exact) mass is 313 g/mol. The van der Waals surface area contributed by atoms with Crippen molar-refractivity contribution in [3.8, 4) is 0 Å². The van der Waals surface area contributed by atoms with Crippen LogP contribution in [0.4, 0.5) is 11.4 Å². The van der Waals surface area contributed by atoms with Gasteiger partial charge in [0.2, 0.25) is 0 Å². The lowest BCUT2D eigenvalue weighted by Crippen LogP contribution is -2.58. The highest BCUT2D eigenvalue weighted by molar-refractivity contribution is 9.10. The summed E-state index contributed by atoms with van der Waals surface area (Å²) in [4.78, 5) is 12.6. The van der Waals surface area contributed by atoms with Gasteiger partial charge in [-0.3, -0.25) is 10.1 Å². The molecule has 5 nitrogen and oxygen atoms in total. The number of hydrogen-bond donors (Lipinski definition) is 1. The van der Waals surface area contributed by atoms with Gasteiger partial charge in [-0.1, -0.05) is 0 Å². The van der Waals surface area contributed by atoms with Crippen molar-refractivity contribution in [2.75, 3.05) is 24.5 Å². The Morgan fingerprint density at radius 3 is 2.78 bits per heavy atom. The second-order valence-corrected chi connectivity index (χ2v) is 5.89. The van der Waals surface area contributed by atoms with Gasteiger partial charge in [0.1, 0.15) is 0 Å². The maximum atomic E-state index is 10.7. The number of rotatable bonds is 2. The molecule has 0 amide bonds. The Morgan fingerprint density at radius 1 is 1.50 bits per heavy atom. The van der Waals surface area contributed by atoms with Gasteiger partial charge in [-0.25, -0.2) is 0 Å². The van der Waals surface area contributed by atoms with Crippen LogP contribution in [0.15, 0.2) is 22.7 Å². The fraction of sp³-hybridized carbons (Fsp3) is 0.500. The molecule has 1 aromatic carbocycles. The molecular weight excluding hydrogens is 298 g/mol. The molecule has 0 unspecified atom stereocenters. The van der Waals surface area contributed by atoms with Crippen LogP contribution in [-0.2, 0) is 0 Å². The minimum Gasteiger partial charge on any atom is -0.363 e. The number of nitro benzene ring substituents is 1. The largest absolute Gasteiger partial charge is 0.363 e. The van der Waals surface area contributed by atoms with E-state index in [-0.39, 0.29) is 16.1 Å². The van der Waals surface area contributed by atoms with E-state index in [9.17, 15) is 10.1 Å². The average molecular weight is 314 g/mol. The topological polar surface area (TPSA) is 58.4 Å². The first-order valence-corrected chi connectivity index (χ1v) is 6.63. The van der Waals surface area contributed by atoms with Gasteiger partial charge in [-0.05, 0) is 35.8 Å². The molecule has 1 heterocycles. The Hall–Kier alpha value is -1.14. The molecule has 1 aromatic rings. The van der Waals surface area contributed by atoms with Crippen LogP contribution >= 0.6 is 15.9 Å². The minimum atomic E-state index is -0.378. The molecule has 98 valence electrons. The van der Waals surface area contributed by atoms with Crippen LogP contribution in [0.2, 0.25) is 0 Å². The highest BCUT2D eigenvalue weighted by Crippen LogP contribution is 2.34. The van der Waals surface area contributed by atoms with Crippen LogP contribution in [-0.4, -0.2) is 30.1 Å². The molecule has 1 fully saturated rings. The van der Waals surface area contributed by atoms with Crippen LogP contribution in [0.5, 0.6) is 0 Å². The highest BCUT2D eigenvalue weighted by Gasteiger charge is 2.31. The van der Waals surface area contributed by atoms with Gasteiger partial charge in [-0.2, -0.15) is 0 Å². The number of nitrogens with one attached hydrogen (secondary N) is 1. The number of hydrogen-bond acceptors (Lipinski definition) is 4. The van der Waals surface area contributed by atoms with Crippen molar-refractivity contribution in [3.63, 3.8) is 0 Å². The first kappa shape index (κ1) is 13.3. The van der Waals surface area contributed by atoms with Crippen LogP contribution in [0, 0.1) is 10.1 Å². The average Bonchev–Trinajstić information content (AvgIpc) is 2.29. The number of nitrogens with zero attached hydrogens (tertiary/aromatic N) is 2. The van der Waals surface area contributed by atoms with Crippen molar-refractivity contribution < 1.29 is 4.92 Å².